The molecule has 0 atom stereocenters. The second kappa shape index (κ2) is 13.6. The van der Waals surface area contributed by atoms with Crippen LogP contribution in [0.4, 0.5) is 0 Å². The lowest BCUT2D eigenvalue weighted by molar-refractivity contribution is 0.461. The van der Waals surface area contributed by atoms with Crippen molar-refractivity contribution in [1.82, 2.24) is 0 Å². The van der Waals surface area contributed by atoms with Gasteiger partial charge in [-0.25, -0.2) is 0 Å². The predicted octanol–water partition coefficient (Wildman–Crippen LogP) is 10.3. The van der Waals surface area contributed by atoms with E-state index in [0.717, 1.165) is 13.4 Å². The first-order valence-electron chi connectivity index (χ1n) is 10.8. The van der Waals surface area contributed by atoms with Crippen LogP contribution >= 0.6 is 70.5 Å². The van der Waals surface area contributed by atoms with Gasteiger partial charge < -0.3 is 9.68 Å². The molecule has 0 unspecified atom stereocenters. The quantitative estimate of drug-likeness (QED) is 0.186. The minimum atomic E-state index is 0.672. The number of benzene rings is 4. The maximum Gasteiger partial charge on any atom is 0.569 e. The second-order valence-electron chi connectivity index (χ2n) is 7.35. The summed E-state index contributed by atoms with van der Waals surface area (Å²) >= 11 is 13.8. The molecule has 0 saturated heterocycles. The van der Waals surface area contributed by atoms with Crippen molar-refractivity contribution in [3.63, 3.8) is 0 Å². The second-order valence-corrected chi connectivity index (χ2v) is 11.8. The molecule has 0 bridgehead atoms. The number of halogens is 3. The molecule has 2 heterocycles. The first kappa shape index (κ1) is 27.1. The smallest absolute Gasteiger partial charge is 0.530 e. The Kier molecular flexibility index (Phi) is 10.2. The van der Waals surface area contributed by atoms with Crippen LogP contribution in [0.25, 0.3) is 32.0 Å². The van der Waals surface area contributed by atoms with Gasteiger partial charge in [0.1, 0.15) is 0 Å². The predicted molar refractivity (Wildman–Crippen MR) is 167 cm³/mol. The van der Waals surface area contributed by atoms with Crippen molar-refractivity contribution in [2.45, 2.75) is 0 Å². The molecule has 6 aromatic rings. The lowest BCUT2D eigenvalue weighted by atomic mass is 10.0. The highest BCUT2D eigenvalue weighted by atomic mass is 79.9. The van der Waals surface area contributed by atoms with E-state index < -0.39 is 0 Å². The summed E-state index contributed by atoms with van der Waals surface area (Å²) in [6.07, 6.45) is 0. The summed E-state index contributed by atoms with van der Waals surface area (Å²) in [7, 11) is 0.672. The van der Waals surface area contributed by atoms with Crippen LogP contribution in [0.1, 0.15) is 0 Å². The molecule has 0 saturated carbocycles. The minimum absolute atomic E-state index is 0.672. The van der Waals surface area contributed by atoms with Gasteiger partial charge in [-0.15, -0.1) is 22.7 Å². The van der Waals surface area contributed by atoms with Gasteiger partial charge in [0.15, 0.2) is 5.06 Å². The Morgan fingerprint density at radius 3 is 1.56 bits per heavy atom. The van der Waals surface area contributed by atoms with E-state index in [0.29, 0.717) is 12.7 Å². The van der Waals surface area contributed by atoms with Crippen LogP contribution in [-0.2, 0) is 0 Å². The fourth-order valence-corrected chi connectivity index (χ4v) is 6.26. The average Bonchev–Trinajstić information content (AvgIpc) is 3.63. The van der Waals surface area contributed by atoms with Crippen LogP contribution in [0.3, 0.4) is 0 Å². The molecule has 0 aliphatic carbocycles. The zero-order chi connectivity index (χ0) is 25.3. The van der Waals surface area contributed by atoms with E-state index in [1.54, 1.807) is 17.4 Å². The Balaban J connectivity index is 0.000000135. The Bertz CT molecular complexity index is 1500. The molecule has 179 valence electrons. The van der Waals surface area contributed by atoms with Crippen LogP contribution < -0.4 is 4.65 Å². The fourth-order valence-electron chi connectivity index (χ4n) is 3.52. The summed E-state index contributed by atoms with van der Waals surface area (Å²) in [6.45, 7) is 0. The summed E-state index contributed by atoms with van der Waals surface area (Å²) in [5.41, 5.74) is 1.31. The van der Waals surface area contributed by atoms with Crippen molar-refractivity contribution in [2.24, 2.45) is 0 Å². The van der Waals surface area contributed by atoms with E-state index >= 15 is 0 Å². The number of hydrogen-bond acceptors (Lipinski definition) is 4. The van der Waals surface area contributed by atoms with Gasteiger partial charge in [-0.2, -0.15) is 0 Å². The summed E-state index contributed by atoms with van der Waals surface area (Å²) in [4.78, 5) is 1.32. The van der Waals surface area contributed by atoms with E-state index in [2.05, 4.69) is 118 Å². The molecule has 0 amide bonds. The zero-order valence-electron chi connectivity index (χ0n) is 18.8. The minimum Gasteiger partial charge on any atom is -0.530 e. The van der Waals surface area contributed by atoms with Gasteiger partial charge in [-0.3, -0.25) is 0 Å². The summed E-state index contributed by atoms with van der Waals surface area (Å²) in [6, 6.07) is 33.1. The molecule has 0 aliphatic heterocycles. The van der Waals surface area contributed by atoms with Gasteiger partial charge in [0.2, 0.25) is 0 Å². The van der Waals surface area contributed by atoms with E-state index in [9.17, 15) is 0 Å². The topological polar surface area (TPSA) is 29.5 Å². The van der Waals surface area contributed by atoms with Crippen LogP contribution in [0.5, 0.6) is 5.06 Å². The molecule has 0 spiro atoms. The third kappa shape index (κ3) is 6.88. The number of rotatable bonds is 3. The molecule has 0 aliphatic rings. The summed E-state index contributed by atoms with van der Waals surface area (Å²) in [5, 5.41) is 17.9. The number of fused-ring (bicyclic) bond motifs is 2. The molecule has 8 heteroatoms. The molecule has 1 radical (unpaired) electrons. The molecule has 1 N–H and O–H groups in total. The van der Waals surface area contributed by atoms with E-state index in [1.807, 2.05) is 35.7 Å². The van der Waals surface area contributed by atoms with E-state index in [-0.39, 0.29) is 0 Å². The van der Waals surface area contributed by atoms with Crippen molar-refractivity contribution in [1.29, 1.82) is 0 Å². The van der Waals surface area contributed by atoms with Gasteiger partial charge in [0, 0.05) is 18.3 Å². The van der Waals surface area contributed by atoms with E-state index in [1.165, 1.54) is 43.3 Å². The first-order valence-corrected chi connectivity index (χ1v) is 14.9. The Morgan fingerprint density at radius 2 is 1.06 bits per heavy atom. The van der Waals surface area contributed by atoms with Crippen LogP contribution in [0.15, 0.2) is 121 Å². The molecule has 36 heavy (non-hydrogen) atoms. The molecule has 6 rings (SSSR count). The highest BCUT2D eigenvalue weighted by Crippen LogP contribution is 2.35. The zero-order valence-corrected chi connectivity index (χ0v) is 25.2. The van der Waals surface area contributed by atoms with Gasteiger partial charge in [-0.05, 0) is 74.3 Å². The lowest BCUT2D eigenvalue weighted by Gasteiger charge is -2.06. The van der Waals surface area contributed by atoms with Crippen LogP contribution in [-0.4, -0.2) is 12.7 Å². The van der Waals surface area contributed by atoms with Crippen molar-refractivity contribution in [3.8, 4) is 15.5 Å². The molecule has 0 fully saturated rings. The summed E-state index contributed by atoms with van der Waals surface area (Å²) < 4.78 is 8.03. The molecule has 2 aromatic heterocycles. The van der Waals surface area contributed by atoms with Gasteiger partial charge >= 0.3 is 7.69 Å². The fraction of sp³-hybridized carbons (Fsp3) is 0. The Hall–Kier alpha value is -1.94. The summed E-state index contributed by atoms with van der Waals surface area (Å²) in [5.74, 6) is 0. The average molecular weight is 702 g/mol. The van der Waals surface area contributed by atoms with Gasteiger partial charge in [0.25, 0.3) is 0 Å². The van der Waals surface area contributed by atoms with Gasteiger partial charge in [0.05, 0.1) is 0 Å². The third-order valence-corrected chi connectivity index (χ3v) is 8.87. The number of hydrogen-bond donors (Lipinski definition) is 1. The van der Waals surface area contributed by atoms with E-state index in [4.69, 9.17) is 5.02 Å². The monoisotopic (exact) mass is 699 g/mol. The van der Waals surface area contributed by atoms with Crippen LogP contribution in [0, 0.1) is 0 Å². The standard InChI is InChI=1S/C14H9BrS.C10H6Br2.C4H4BO2S/c15-13-8-7-12(14-6-3-9-16-14)10-4-1-2-5-11(10)13;11-9-5-6-10(12)8-4-2-1-3-7(8)9;6-5-7-4-2-1-3-8-4/h1-9H;1-6H;1-3,6H. The first-order chi connectivity index (χ1) is 17.6. The SMILES string of the molecule is Brc1ccc(-c2cccs2)c2ccccc12.Brc1ccc(Br)c2ccccc12.O[B]Oc1cccs1. The molecular weight excluding hydrogens is 683 g/mol. The van der Waals surface area contributed by atoms with Crippen molar-refractivity contribution in [2.75, 3.05) is 0 Å². The maximum atomic E-state index is 8.10. The number of thiophene rings is 2. The van der Waals surface area contributed by atoms with Crippen molar-refractivity contribution >= 4 is 99.7 Å². The largest absolute Gasteiger partial charge is 0.569 e. The molecule has 2 nitrogen and oxygen atoms in total. The van der Waals surface area contributed by atoms with Gasteiger partial charge in [-0.1, -0.05) is 108 Å². The molecular formula is C28H19BBr3O2S2. The Morgan fingerprint density at radius 1 is 0.556 bits per heavy atom. The van der Waals surface area contributed by atoms with Crippen molar-refractivity contribution in [3.05, 3.63) is 121 Å². The highest BCUT2D eigenvalue weighted by molar-refractivity contribution is 9.11. The van der Waals surface area contributed by atoms with Crippen molar-refractivity contribution < 1.29 is 9.68 Å². The normalized spacial score (nSPS) is 10.2. The lowest BCUT2D eigenvalue weighted by Crippen LogP contribution is -1.96. The van der Waals surface area contributed by atoms with Crippen LogP contribution in [0.2, 0.25) is 0 Å². The Labute approximate surface area is 244 Å². The third-order valence-electron chi connectivity index (χ3n) is 5.14. The molecule has 4 aromatic carbocycles. The highest BCUT2D eigenvalue weighted by Gasteiger charge is 2.06. The maximum absolute atomic E-state index is 8.10.